The summed E-state index contributed by atoms with van der Waals surface area (Å²) in [4.78, 5) is 5.29. The predicted molar refractivity (Wildman–Crippen MR) is 119 cm³/mol. The molecular weight excluding hydrogens is 387 g/mol. The first-order valence-corrected chi connectivity index (χ1v) is 11.4. The van der Waals surface area contributed by atoms with Crippen LogP contribution >= 0.6 is 23.2 Å². The fraction of sp³-hybridized carbons (Fsp3) is 0.500. The molecule has 2 aromatic rings. The SMILES string of the molecule is Clc1ccc(CN2CCN(C(c3ccccc3)C3CCCCC3)CC2)cc1Cl. The van der Waals surface area contributed by atoms with Crippen molar-refractivity contribution in [3.8, 4) is 0 Å². The molecule has 2 aromatic carbocycles. The first-order valence-electron chi connectivity index (χ1n) is 10.7. The average Bonchev–Trinajstić information content (AvgIpc) is 2.74. The van der Waals surface area contributed by atoms with Crippen molar-refractivity contribution in [3.63, 3.8) is 0 Å². The van der Waals surface area contributed by atoms with Crippen molar-refractivity contribution in [2.75, 3.05) is 26.2 Å². The van der Waals surface area contributed by atoms with E-state index >= 15 is 0 Å². The third-order valence-electron chi connectivity index (χ3n) is 6.43. The van der Waals surface area contributed by atoms with E-state index in [2.05, 4.69) is 46.2 Å². The highest BCUT2D eigenvalue weighted by molar-refractivity contribution is 6.42. The van der Waals surface area contributed by atoms with Gasteiger partial charge in [-0.25, -0.2) is 0 Å². The monoisotopic (exact) mass is 416 g/mol. The van der Waals surface area contributed by atoms with E-state index in [1.54, 1.807) is 0 Å². The molecule has 0 spiro atoms. The lowest BCUT2D eigenvalue weighted by Gasteiger charge is -2.43. The Balaban J connectivity index is 1.41. The Morgan fingerprint density at radius 2 is 1.54 bits per heavy atom. The van der Waals surface area contributed by atoms with E-state index in [0.29, 0.717) is 16.1 Å². The minimum atomic E-state index is 0.577. The van der Waals surface area contributed by atoms with Crippen LogP contribution in [0.5, 0.6) is 0 Å². The van der Waals surface area contributed by atoms with Gasteiger partial charge >= 0.3 is 0 Å². The molecule has 2 fully saturated rings. The van der Waals surface area contributed by atoms with Crippen LogP contribution in [0.3, 0.4) is 0 Å². The van der Waals surface area contributed by atoms with Gasteiger partial charge in [-0.1, -0.05) is 78.9 Å². The summed E-state index contributed by atoms with van der Waals surface area (Å²) < 4.78 is 0. The normalized spacial score (nSPS) is 20.9. The van der Waals surface area contributed by atoms with Crippen LogP contribution in [-0.2, 0) is 6.54 Å². The Hall–Kier alpha value is -1.06. The summed E-state index contributed by atoms with van der Waals surface area (Å²) in [5, 5.41) is 1.28. The van der Waals surface area contributed by atoms with Gasteiger partial charge in [0.25, 0.3) is 0 Å². The second-order valence-electron chi connectivity index (χ2n) is 8.31. The van der Waals surface area contributed by atoms with Crippen molar-refractivity contribution in [2.24, 2.45) is 5.92 Å². The Bertz CT molecular complexity index is 750. The van der Waals surface area contributed by atoms with Crippen molar-refractivity contribution in [3.05, 3.63) is 69.7 Å². The molecule has 0 N–H and O–H groups in total. The standard InChI is InChI=1S/C24H30Cl2N2/c25-22-12-11-19(17-23(22)26)18-27-13-15-28(16-14-27)24(20-7-3-1-4-8-20)21-9-5-2-6-10-21/h1,3-4,7-8,11-12,17,21,24H,2,5-6,9-10,13-16,18H2. The van der Waals surface area contributed by atoms with Gasteiger partial charge in [-0.3, -0.25) is 9.80 Å². The van der Waals surface area contributed by atoms with Crippen LogP contribution in [0, 0.1) is 5.92 Å². The highest BCUT2D eigenvalue weighted by Crippen LogP contribution is 2.38. The summed E-state index contributed by atoms with van der Waals surface area (Å²) in [5.74, 6) is 0.803. The second kappa shape index (κ2) is 9.63. The largest absolute Gasteiger partial charge is 0.297 e. The van der Waals surface area contributed by atoms with Crippen LogP contribution in [0.4, 0.5) is 0 Å². The Labute approximate surface area is 179 Å². The molecule has 1 unspecified atom stereocenters. The second-order valence-corrected chi connectivity index (χ2v) is 9.13. The molecule has 0 amide bonds. The minimum absolute atomic E-state index is 0.577. The molecule has 0 aromatic heterocycles. The van der Waals surface area contributed by atoms with E-state index in [0.717, 1.165) is 38.6 Å². The summed E-state index contributed by atoms with van der Waals surface area (Å²) in [6.07, 6.45) is 6.96. The molecule has 1 heterocycles. The van der Waals surface area contributed by atoms with Crippen molar-refractivity contribution < 1.29 is 0 Å². The zero-order valence-corrected chi connectivity index (χ0v) is 18.0. The maximum atomic E-state index is 6.19. The molecule has 150 valence electrons. The van der Waals surface area contributed by atoms with Crippen LogP contribution in [0.25, 0.3) is 0 Å². The molecule has 1 atom stereocenters. The fourth-order valence-corrected chi connectivity index (χ4v) is 5.30. The lowest BCUT2D eigenvalue weighted by atomic mass is 9.80. The lowest BCUT2D eigenvalue weighted by Crippen LogP contribution is -2.48. The summed E-state index contributed by atoms with van der Waals surface area (Å²) in [7, 11) is 0. The van der Waals surface area contributed by atoms with E-state index in [4.69, 9.17) is 23.2 Å². The summed E-state index contributed by atoms with van der Waals surface area (Å²) in [6.45, 7) is 5.44. The van der Waals surface area contributed by atoms with Gasteiger partial charge in [0.1, 0.15) is 0 Å². The van der Waals surface area contributed by atoms with Crippen LogP contribution in [0.1, 0.15) is 49.3 Å². The van der Waals surface area contributed by atoms with Crippen molar-refractivity contribution in [1.82, 2.24) is 9.80 Å². The maximum Gasteiger partial charge on any atom is 0.0595 e. The smallest absolute Gasteiger partial charge is 0.0595 e. The average molecular weight is 417 g/mol. The van der Waals surface area contributed by atoms with Crippen molar-refractivity contribution in [2.45, 2.75) is 44.7 Å². The predicted octanol–water partition coefficient (Wildman–Crippen LogP) is 6.43. The molecule has 1 saturated heterocycles. The van der Waals surface area contributed by atoms with Gasteiger partial charge < -0.3 is 0 Å². The molecule has 1 aliphatic heterocycles. The van der Waals surface area contributed by atoms with Gasteiger partial charge in [0.15, 0.2) is 0 Å². The zero-order valence-electron chi connectivity index (χ0n) is 16.5. The van der Waals surface area contributed by atoms with E-state index in [1.165, 1.54) is 43.2 Å². The molecule has 1 saturated carbocycles. The van der Waals surface area contributed by atoms with Gasteiger partial charge in [-0.05, 0) is 42.0 Å². The van der Waals surface area contributed by atoms with Gasteiger partial charge in [0.2, 0.25) is 0 Å². The number of nitrogens with zero attached hydrogens (tertiary/aromatic N) is 2. The van der Waals surface area contributed by atoms with Crippen LogP contribution in [-0.4, -0.2) is 36.0 Å². The molecule has 2 aliphatic rings. The van der Waals surface area contributed by atoms with E-state index < -0.39 is 0 Å². The molecular formula is C24H30Cl2N2. The summed E-state index contributed by atoms with van der Waals surface area (Å²) in [6, 6.07) is 17.8. The summed E-state index contributed by atoms with van der Waals surface area (Å²) >= 11 is 12.2. The first-order chi connectivity index (χ1) is 13.7. The van der Waals surface area contributed by atoms with Crippen molar-refractivity contribution in [1.29, 1.82) is 0 Å². The van der Waals surface area contributed by atoms with Crippen LogP contribution < -0.4 is 0 Å². The number of hydrogen-bond acceptors (Lipinski definition) is 2. The first kappa shape index (κ1) is 20.2. The van der Waals surface area contributed by atoms with Crippen LogP contribution in [0.15, 0.2) is 48.5 Å². The Kier molecular flexibility index (Phi) is 6.95. The number of halogens is 2. The fourth-order valence-electron chi connectivity index (χ4n) is 4.98. The van der Waals surface area contributed by atoms with Gasteiger partial charge in [0, 0.05) is 38.8 Å². The third kappa shape index (κ3) is 4.91. The Morgan fingerprint density at radius 3 is 2.21 bits per heavy atom. The highest BCUT2D eigenvalue weighted by atomic mass is 35.5. The molecule has 2 nitrogen and oxygen atoms in total. The Morgan fingerprint density at radius 1 is 0.821 bits per heavy atom. The van der Waals surface area contributed by atoms with Gasteiger partial charge in [-0.2, -0.15) is 0 Å². The molecule has 28 heavy (non-hydrogen) atoms. The number of benzene rings is 2. The van der Waals surface area contributed by atoms with E-state index in [-0.39, 0.29) is 0 Å². The topological polar surface area (TPSA) is 6.48 Å². The summed E-state index contributed by atoms with van der Waals surface area (Å²) in [5.41, 5.74) is 2.75. The van der Waals surface area contributed by atoms with E-state index in [1.807, 2.05) is 12.1 Å². The van der Waals surface area contributed by atoms with E-state index in [9.17, 15) is 0 Å². The maximum absolute atomic E-state index is 6.19. The molecule has 0 radical (unpaired) electrons. The molecule has 4 rings (SSSR count). The minimum Gasteiger partial charge on any atom is -0.297 e. The quantitative estimate of drug-likeness (QED) is 0.553. The van der Waals surface area contributed by atoms with Crippen LogP contribution in [0.2, 0.25) is 10.0 Å². The lowest BCUT2D eigenvalue weighted by molar-refractivity contribution is 0.0547. The number of rotatable bonds is 5. The van der Waals surface area contributed by atoms with Gasteiger partial charge in [-0.15, -0.1) is 0 Å². The van der Waals surface area contributed by atoms with Crippen molar-refractivity contribution >= 4 is 23.2 Å². The molecule has 1 aliphatic carbocycles. The molecule has 0 bridgehead atoms. The molecule has 4 heteroatoms. The highest BCUT2D eigenvalue weighted by Gasteiger charge is 2.32. The number of hydrogen-bond donors (Lipinski definition) is 0. The third-order valence-corrected chi connectivity index (χ3v) is 7.17. The zero-order chi connectivity index (χ0) is 19.3. The number of piperazine rings is 1. The van der Waals surface area contributed by atoms with Gasteiger partial charge in [0.05, 0.1) is 10.0 Å².